The second-order valence-electron chi connectivity index (χ2n) is 3.43. The molecule has 94 valence electrons. The molecule has 1 aromatic rings. The van der Waals surface area contributed by atoms with Gasteiger partial charge in [0.25, 0.3) is 0 Å². The molecule has 0 spiro atoms. The lowest BCUT2D eigenvalue weighted by Crippen LogP contribution is -2.16. The molecule has 1 aromatic carbocycles. The molecule has 0 aliphatic rings. The van der Waals surface area contributed by atoms with Crippen molar-refractivity contribution in [2.75, 3.05) is 20.8 Å². The molecule has 0 amide bonds. The van der Waals surface area contributed by atoms with Crippen LogP contribution in [0.4, 0.5) is 0 Å². The zero-order valence-electron chi connectivity index (χ0n) is 10.2. The van der Waals surface area contributed by atoms with E-state index in [1.807, 2.05) is 6.92 Å². The van der Waals surface area contributed by atoms with Crippen molar-refractivity contribution in [1.29, 1.82) is 0 Å². The fraction of sp³-hybridized carbons (Fsp3) is 0.417. The van der Waals surface area contributed by atoms with E-state index >= 15 is 0 Å². The van der Waals surface area contributed by atoms with Crippen LogP contribution in [0, 0.1) is 0 Å². The molecule has 0 unspecified atom stereocenters. The van der Waals surface area contributed by atoms with E-state index in [9.17, 15) is 4.79 Å². The largest absolute Gasteiger partial charge is 0.493 e. The first-order chi connectivity index (χ1) is 8.10. The number of halogens is 1. The number of nitrogens with two attached hydrogens (primary N) is 1. The van der Waals surface area contributed by atoms with Crippen LogP contribution in [-0.2, 0) is 6.42 Å². The Morgan fingerprint density at radius 2 is 2.06 bits per heavy atom. The Hall–Kier alpha value is -1.26. The topological polar surface area (TPSA) is 61.5 Å². The second kappa shape index (κ2) is 5.89. The second-order valence-corrected chi connectivity index (χ2v) is 3.84. The third-order valence-electron chi connectivity index (χ3n) is 2.54. The number of ether oxygens (including phenoxy) is 2. The predicted octanol–water partition coefficient (Wildman–Crippen LogP) is 2.06. The summed E-state index contributed by atoms with van der Waals surface area (Å²) in [5.41, 5.74) is 6.53. The monoisotopic (exact) mass is 257 g/mol. The van der Waals surface area contributed by atoms with E-state index in [1.54, 1.807) is 6.07 Å². The fourth-order valence-corrected chi connectivity index (χ4v) is 2.09. The number of hydrogen-bond donors (Lipinski definition) is 1. The molecule has 0 aliphatic heterocycles. The molecule has 2 N–H and O–H groups in total. The van der Waals surface area contributed by atoms with Gasteiger partial charge in [0.1, 0.15) is 0 Å². The quantitative estimate of drug-likeness (QED) is 0.821. The molecule has 17 heavy (non-hydrogen) atoms. The maximum Gasteiger partial charge on any atom is 0.178 e. The van der Waals surface area contributed by atoms with Gasteiger partial charge in [-0.2, -0.15) is 0 Å². The van der Waals surface area contributed by atoms with Gasteiger partial charge in [0.15, 0.2) is 17.3 Å². The van der Waals surface area contributed by atoms with Crippen LogP contribution in [0.15, 0.2) is 6.07 Å². The highest BCUT2D eigenvalue weighted by Crippen LogP contribution is 2.38. The minimum atomic E-state index is -0.201. The summed E-state index contributed by atoms with van der Waals surface area (Å²) in [5, 5.41) is 0.343. The summed E-state index contributed by atoms with van der Waals surface area (Å²) in [4.78, 5) is 11.8. The first kappa shape index (κ1) is 13.8. The molecule has 0 aromatic heterocycles. The molecule has 1 rings (SSSR count). The first-order valence-electron chi connectivity index (χ1n) is 5.27. The van der Waals surface area contributed by atoms with Crippen molar-refractivity contribution >= 4 is 17.4 Å². The van der Waals surface area contributed by atoms with Crippen molar-refractivity contribution in [2.24, 2.45) is 5.73 Å². The Morgan fingerprint density at radius 1 is 1.41 bits per heavy atom. The highest BCUT2D eigenvalue weighted by atomic mass is 35.5. The van der Waals surface area contributed by atoms with Crippen LogP contribution in [0.2, 0.25) is 5.02 Å². The lowest BCUT2D eigenvalue weighted by atomic mass is 9.99. The third kappa shape index (κ3) is 2.53. The fourth-order valence-electron chi connectivity index (χ4n) is 1.78. The highest BCUT2D eigenvalue weighted by Gasteiger charge is 2.21. The number of methoxy groups -OCH3 is 2. The average Bonchev–Trinajstić information content (AvgIpc) is 2.36. The van der Waals surface area contributed by atoms with Crippen molar-refractivity contribution in [3.63, 3.8) is 0 Å². The van der Waals surface area contributed by atoms with Gasteiger partial charge >= 0.3 is 0 Å². The Morgan fingerprint density at radius 3 is 2.47 bits per heavy atom. The van der Waals surface area contributed by atoms with Crippen LogP contribution in [0.1, 0.15) is 22.8 Å². The van der Waals surface area contributed by atoms with Crippen LogP contribution >= 0.6 is 11.6 Å². The van der Waals surface area contributed by atoms with Gasteiger partial charge in [-0.1, -0.05) is 18.5 Å². The maximum absolute atomic E-state index is 11.8. The van der Waals surface area contributed by atoms with Gasteiger partial charge in [-0.15, -0.1) is 0 Å². The molecular formula is C12H16ClNO3. The zero-order valence-corrected chi connectivity index (χ0v) is 10.9. The number of rotatable bonds is 5. The molecule has 4 nitrogen and oxygen atoms in total. The van der Waals surface area contributed by atoms with Gasteiger partial charge in [0, 0.05) is 17.2 Å². The number of carbonyl (C=O) groups excluding carboxylic acids is 1. The molecule has 0 bridgehead atoms. The van der Waals surface area contributed by atoms with E-state index in [4.69, 9.17) is 26.8 Å². The maximum atomic E-state index is 11.8. The van der Waals surface area contributed by atoms with Gasteiger partial charge in [-0.05, 0) is 6.42 Å². The van der Waals surface area contributed by atoms with E-state index in [0.29, 0.717) is 28.5 Å². The van der Waals surface area contributed by atoms with Crippen LogP contribution in [0.3, 0.4) is 0 Å². The normalized spacial score (nSPS) is 10.2. The van der Waals surface area contributed by atoms with Crippen molar-refractivity contribution in [2.45, 2.75) is 13.3 Å². The molecule has 0 radical (unpaired) electrons. The number of hydrogen-bond acceptors (Lipinski definition) is 4. The summed E-state index contributed by atoms with van der Waals surface area (Å²) in [6.07, 6.45) is 0.612. The minimum absolute atomic E-state index is 0.0811. The minimum Gasteiger partial charge on any atom is -0.493 e. The molecule has 5 heteroatoms. The Labute approximate surface area is 106 Å². The lowest BCUT2D eigenvalue weighted by molar-refractivity contribution is 0.1000. The van der Waals surface area contributed by atoms with E-state index < -0.39 is 0 Å². The zero-order chi connectivity index (χ0) is 13.0. The molecule has 0 heterocycles. The lowest BCUT2D eigenvalue weighted by Gasteiger charge is -2.16. The summed E-state index contributed by atoms with van der Waals surface area (Å²) in [6, 6.07) is 1.57. The van der Waals surface area contributed by atoms with Crippen LogP contribution < -0.4 is 15.2 Å². The number of ketones is 1. The smallest absolute Gasteiger partial charge is 0.178 e. The molecule has 0 saturated heterocycles. The predicted molar refractivity (Wildman–Crippen MR) is 67.3 cm³/mol. The van der Waals surface area contributed by atoms with E-state index in [1.165, 1.54) is 14.2 Å². The van der Waals surface area contributed by atoms with Crippen molar-refractivity contribution in [3.05, 3.63) is 22.2 Å². The van der Waals surface area contributed by atoms with Gasteiger partial charge in [0.2, 0.25) is 0 Å². The SMILES string of the molecule is CCc1c(OC)c(OC)cc(Cl)c1C(=O)CN. The molecule has 0 saturated carbocycles. The molecule has 0 aliphatic carbocycles. The Balaban J connectivity index is 3.54. The van der Waals surface area contributed by atoms with Crippen LogP contribution in [-0.4, -0.2) is 26.5 Å². The summed E-state index contributed by atoms with van der Waals surface area (Å²) in [5.74, 6) is 0.854. The highest BCUT2D eigenvalue weighted by molar-refractivity contribution is 6.34. The van der Waals surface area contributed by atoms with Gasteiger partial charge in [-0.25, -0.2) is 0 Å². The number of Topliss-reactive ketones (excluding diaryl/α,β-unsaturated/α-hetero) is 1. The van der Waals surface area contributed by atoms with Gasteiger partial charge < -0.3 is 15.2 Å². The van der Waals surface area contributed by atoms with Crippen LogP contribution in [0.25, 0.3) is 0 Å². The summed E-state index contributed by atoms with van der Waals surface area (Å²) in [7, 11) is 3.06. The Bertz CT molecular complexity index is 432. The van der Waals surface area contributed by atoms with Gasteiger partial charge in [-0.3, -0.25) is 4.79 Å². The van der Waals surface area contributed by atoms with E-state index in [-0.39, 0.29) is 12.3 Å². The third-order valence-corrected chi connectivity index (χ3v) is 2.84. The number of carbonyl (C=O) groups is 1. The van der Waals surface area contributed by atoms with Crippen LogP contribution in [0.5, 0.6) is 11.5 Å². The molecule has 0 fully saturated rings. The van der Waals surface area contributed by atoms with E-state index in [0.717, 1.165) is 5.56 Å². The Kier molecular flexibility index (Phi) is 4.78. The molecular weight excluding hydrogens is 242 g/mol. The van der Waals surface area contributed by atoms with Crippen molar-refractivity contribution in [3.8, 4) is 11.5 Å². The summed E-state index contributed by atoms with van der Waals surface area (Å²) >= 11 is 6.08. The standard InChI is InChI=1S/C12H16ClNO3/c1-4-7-11(9(15)6-14)8(13)5-10(16-2)12(7)17-3/h5H,4,6,14H2,1-3H3. The van der Waals surface area contributed by atoms with Crippen molar-refractivity contribution in [1.82, 2.24) is 0 Å². The average molecular weight is 258 g/mol. The van der Waals surface area contributed by atoms with Crippen molar-refractivity contribution < 1.29 is 14.3 Å². The van der Waals surface area contributed by atoms with E-state index in [2.05, 4.69) is 0 Å². The van der Waals surface area contributed by atoms with Gasteiger partial charge in [0.05, 0.1) is 25.8 Å². The number of benzene rings is 1. The molecule has 0 atom stereocenters. The summed E-state index contributed by atoms with van der Waals surface area (Å²) in [6.45, 7) is 1.84. The first-order valence-corrected chi connectivity index (χ1v) is 5.65. The summed E-state index contributed by atoms with van der Waals surface area (Å²) < 4.78 is 10.4.